The second kappa shape index (κ2) is 8.00. The van der Waals surface area contributed by atoms with E-state index in [-0.39, 0.29) is 5.60 Å². The maximum Gasteiger partial charge on any atom is 0.322 e. The third kappa shape index (κ3) is 6.14. The molecule has 1 aromatic carbocycles. The minimum Gasteiger partial charge on any atom is -0.493 e. The quantitative estimate of drug-likeness (QED) is 0.742. The van der Waals surface area contributed by atoms with Crippen LogP contribution in [0.15, 0.2) is 24.3 Å². The Balaban J connectivity index is 2.45. The largest absolute Gasteiger partial charge is 0.493 e. The van der Waals surface area contributed by atoms with Crippen molar-refractivity contribution in [3.8, 4) is 5.75 Å². The molecule has 1 rings (SSSR count). The van der Waals surface area contributed by atoms with Gasteiger partial charge in [0.1, 0.15) is 11.8 Å². The van der Waals surface area contributed by atoms with Gasteiger partial charge in [-0.1, -0.05) is 12.1 Å². The van der Waals surface area contributed by atoms with Gasteiger partial charge in [0.25, 0.3) is 0 Å². The molecule has 21 heavy (non-hydrogen) atoms. The number of nitrogens with two attached hydrogens (primary N) is 1. The van der Waals surface area contributed by atoms with Crippen LogP contribution in [-0.4, -0.2) is 38.4 Å². The fourth-order valence-corrected chi connectivity index (χ4v) is 1.73. The Labute approximate surface area is 126 Å². The van der Waals surface area contributed by atoms with E-state index in [2.05, 4.69) is 4.74 Å². The normalized spacial score (nSPS) is 12.8. The predicted octanol–water partition coefficient (Wildman–Crippen LogP) is 1.92. The Hall–Kier alpha value is -1.59. The molecule has 1 unspecified atom stereocenters. The van der Waals surface area contributed by atoms with Crippen molar-refractivity contribution in [2.75, 3.05) is 20.8 Å². The molecule has 118 valence electrons. The highest BCUT2D eigenvalue weighted by atomic mass is 16.5. The zero-order valence-electron chi connectivity index (χ0n) is 13.2. The third-order valence-electron chi connectivity index (χ3n) is 3.41. The second-order valence-corrected chi connectivity index (χ2v) is 5.54. The van der Waals surface area contributed by atoms with Crippen molar-refractivity contribution in [1.82, 2.24) is 0 Å². The van der Waals surface area contributed by atoms with E-state index in [0.29, 0.717) is 13.0 Å². The SMILES string of the molecule is COC(=O)C(N)Cc1ccc(OCCC(C)(C)OC)cc1. The molecule has 0 aromatic heterocycles. The molecule has 5 nitrogen and oxygen atoms in total. The second-order valence-electron chi connectivity index (χ2n) is 5.54. The summed E-state index contributed by atoms with van der Waals surface area (Å²) in [5.74, 6) is 0.384. The highest BCUT2D eigenvalue weighted by Gasteiger charge is 2.16. The summed E-state index contributed by atoms with van der Waals surface area (Å²) < 4.78 is 15.6. The summed E-state index contributed by atoms with van der Waals surface area (Å²) in [7, 11) is 3.03. The molecule has 0 spiro atoms. The van der Waals surface area contributed by atoms with Crippen molar-refractivity contribution in [2.24, 2.45) is 5.73 Å². The first kappa shape index (κ1) is 17.5. The first-order chi connectivity index (χ1) is 9.88. The molecule has 0 fully saturated rings. The lowest BCUT2D eigenvalue weighted by Crippen LogP contribution is -2.33. The number of carbonyl (C=O) groups excluding carboxylic acids is 1. The summed E-state index contributed by atoms with van der Waals surface area (Å²) in [6.45, 7) is 4.63. The van der Waals surface area contributed by atoms with Crippen molar-refractivity contribution in [3.63, 3.8) is 0 Å². The molecule has 0 aliphatic heterocycles. The predicted molar refractivity (Wildman–Crippen MR) is 81.3 cm³/mol. The van der Waals surface area contributed by atoms with Crippen LogP contribution in [-0.2, 0) is 20.7 Å². The smallest absolute Gasteiger partial charge is 0.322 e. The molecule has 5 heteroatoms. The van der Waals surface area contributed by atoms with Gasteiger partial charge in [-0.3, -0.25) is 4.79 Å². The molecule has 0 saturated heterocycles. The Kier molecular flexibility index (Phi) is 6.65. The van der Waals surface area contributed by atoms with E-state index >= 15 is 0 Å². The van der Waals surface area contributed by atoms with Gasteiger partial charge < -0.3 is 19.9 Å². The van der Waals surface area contributed by atoms with Gasteiger partial charge in [0, 0.05) is 13.5 Å². The van der Waals surface area contributed by atoms with Crippen molar-refractivity contribution in [2.45, 2.75) is 38.3 Å². The zero-order chi connectivity index (χ0) is 15.9. The molecule has 0 bridgehead atoms. The first-order valence-electron chi connectivity index (χ1n) is 6.98. The molecule has 1 aromatic rings. The molecule has 0 heterocycles. The van der Waals surface area contributed by atoms with E-state index in [0.717, 1.165) is 17.7 Å². The third-order valence-corrected chi connectivity index (χ3v) is 3.41. The van der Waals surface area contributed by atoms with Gasteiger partial charge in [-0.2, -0.15) is 0 Å². The van der Waals surface area contributed by atoms with Gasteiger partial charge >= 0.3 is 5.97 Å². The van der Waals surface area contributed by atoms with Crippen LogP contribution in [0.2, 0.25) is 0 Å². The molecular weight excluding hydrogens is 270 g/mol. The van der Waals surface area contributed by atoms with Gasteiger partial charge in [-0.15, -0.1) is 0 Å². The van der Waals surface area contributed by atoms with E-state index in [1.54, 1.807) is 7.11 Å². The Morgan fingerprint density at radius 1 is 1.24 bits per heavy atom. The molecule has 0 radical (unpaired) electrons. The molecular formula is C16H25NO4. The molecule has 0 aliphatic carbocycles. The number of ether oxygens (including phenoxy) is 3. The maximum atomic E-state index is 11.3. The monoisotopic (exact) mass is 295 g/mol. The van der Waals surface area contributed by atoms with Crippen LogP contribution in [0, 0.1) is 0 Å². The standard InChI is InChI=1S/C16H25NO4/c1-16(2,20-4)9-10-21-13-7-5-12(6-8-13)11-14(17)15(18)19-3/h5-8,14H,9-11,17H2,1-4H3. The minimum atomic E-state index is -0.635. The van der Waals surface area contributed by atoms with Crippen molar-refractivity contribution in [1.29, 1.82) is 0 Å². The summed E-state index contributed by atoms with van der Waals surface area (Å²) in [6.07, 6.45) is 1.25. The summed E-state index contributed by atoms with van der Waals surface area (Å²) in [6, 6.07) is 6.92. The van der Waals surface area contributed by atoms with Crippen molar-refractivity contribution < 1.29 is 19.0 Å². The first-order valence-corrected chi connectivity index (χ1v) is 6.98. The minimum absolute atomic E-state index is 0.187. The number of methoxy groups -OCH3 is 2. The van der Waals surface area contributed by atoms with Gasteiger partial charge in [0.15, 0.2) is 0 Å². The van der Waals surface area contributed by atoms with E-state index in [1.807, 2.05) is 38.1 Å². The molecule has 0 amide bonds. The van der Waals surface area contributed by atoms with Crippen LogP contribution < -0.4 is 10.5 Å². The van der Waals surface area contributed by atoms with Crippen molar-refractivity contribution in [3.05, 3.63) is 29.8 Å². The van der Waals surface area contributed by atoms with Crippen LogP contribution >= 0.6 is 0 Å². The Morgan fingerprint density at radius 2 is 1.86 bits per heavy atom. The Bertz CT molecular complexity index is 442. The highest BCUT2D eigenvalue weighted by molar-refractivity contribution is 5.75. The molecule has 1 atom stereocenters. The maximum absolute atomic E-state index is 11.3. The van der Waals surface area contributed by atoms with Crippen LogP contribution in [0.5, 0.6) is 5.75 Å². The van der Waals surface area contributed by atoms with Crippen molar-refractivity contribution >= 4 is 5.97 Å². The van der Waals surface area contributed by atoms with Crippen LogP contribution in [0.4, 0.5) is 0 Å². The summed E-state index contributed by atoms with van der Waals surface area (Å²) in [5, 5.41) is 0. The molecule has 0 saturated carbocycles. The lowest BCUT2D eigenvalue weighted by Gasteiger charge is -2.22. The van der Waals surface area contributed by atoms with E-state index in [9.17, 15) is 4.79 Å². The summed E-state index contributed by atoms with van der Waals surface area (Å²) in [5.41, 5.74) is 6.50. The Morgan fingerprint density at radius 3 is 2.38 bits per heavy atom. The lowest BCUT2D eigenvalue weighted by atomic mass is 10.1. The number of rotatable bonds is 8. The fraction of sp³-hybridized carbons (Fsp3) is 0.562. The topological polar surface area (TPSA) is 70.8 Å². The number of esters is 1. The average molecular weight is 295 g/mol. The summed E-state index contributed by atoms with van der Waals surface area (Å²) in [4.78, 5) is 11.3. The van der Waals surface area contributed by atoms with Gasteiger partial charge in [0.05, 0.1) is 19.3 Å². The van der Waals surface area contributed by atoms with Gasteiger partial charge in [-0.05, 0) is 38.0 Å². The van der Waals surface area contributed by atoms with Gasteiger partial charge in [-0.25, -0.2) is 0 Å². The van der Waals surface area contributed by atoms with Crippen LogP contribution in [0.25, 0.3) is 0 Å². The van der Waals surface area contributed by atoms with Gasteiger partial charge in [0.2, 0.25) is 0 Å². The molecule has 2 N–H and O–H groups in total. The lowest BCUT2D eigenvalue weighted by molar-refractivity contribution is -0.142. The molecule has 0 aliphatic rings. The van der Waals surface area contributed by atoms with E-state index in [1.165, 1.54) is 7.11 Å². The average Bonchev–Trinajstić information content (AvgIpc) is 2.48. The summed E-state index contributed by atoms with van der Waals surface area (Å²) >= 11 is 0. The van der Waals surface area contributed by atoms with Crippen LogP contribution in [0.1, 0.15) is 25.8 Å². The van der Waals surface area contributed by atoms with E-state index < -0.39 is 12.0 Å². The number of carbonyl (C=O) groups is 1. The number of hydrogen-bond acceptors (Lipinski definition) is 5. The number of benzene rings is 1. The number of hydrogen-bond donors (Lipinski definition) is 1. The fourth-order valence-electron chi connectivity index (χ4n) is 1.73. The zero-order valence-corrected chi connectivity index (χ0v) is 13.2. The highest BCUT2D eigenvalue weighted by Crippen LogP contribution is 2.17. The van der Waals surface area contributed by atoms with Crippen LogP contribution in [0.3, 0.4) is 0 Å². The van der Waals surface area contributed by atoms with E-state index in [4.69, 9.17) is 15.2 Å².